The molecule has 0 spiro atoms. The number of carbonyl (C=O) groups is 1. The quantitative estimate of drug-likeness (QED) is 0.509. The maximum Gasteiger partial charge on any atom is 0.225 e. The van der Waals surface area contributed by atoms with Crippen molar-refractivity contribution in [2.45, 2.75) is 41.9 Å². The normalized spacial score (nSPS) is 16.0. The number of benzene rings is 2. The van der Waals surface area contributed by atoms with E-state index in [2.05, 4.69) is 12.2 Å². The lowest BCUT2D eigenvalue weighted by atomic mass is 9.90. The number of sulfone groups is 1. The molecular formula is C23H23NO4S2. The summed E-state index contributed by atoms with van der Waals surface area (Å²) in [5, 5.41) is 4.43. The van der Waals surface area contributed by atoms with Gasteiger partial charge in [-0.3, -0.25) is 4.79 Å². The molecule has 1 N–H and O–H groups in total. The molecule has 7 heteroatoms. The van der Waals surface area contributed by atoms with Crippen LogP contribution in [0.2, 0.25) is 0 Å². The lowest BCUT2D eigenvalue weighted by molar-refractivity contribution is -0.116. The summed E-state index contributed by atoms with van der Waals surface area (Å²) < 4.78 is 32.1. The average Bonchev–Trinajstić information content (AvgIpc) is 3.19. The first-order chi connectivity index (χ1) is 14.5. The number of thiophene rings is 1. The third-order valence-electron chi connectivity index (χ3n) is 5.13. The van der Waals surface area contributed by atoms with E-state index in [0.717, 1.165) is 29.0 Å². The molecule has 1 amide bonds. The molecule has 5 nitrogen and oxygen atoms in total. The van der Waals surface area contributed by atoms with Gasteiger partial charge in [-0.05, 0) is 36.2 Å². The molecular weight excluding hydrogens is 418 g/mol. The molecule has 0 saturated heterocycles. The van der Waals surface area contributed by atoms with Gasteiger partial charge in [0, 0.05) is 22.6 Å². The number of unbranched alkanes of at least 4 members (excludes halogenated alkanes) is 1. The SMILES string of the molecule is CCCCOc1cccc([C@H]2CC(=O)Nc3c(S(=O)(=O)c4ccccc4)csc32)c1. The van der Waals surface area contributed by atoms with Crippen LogP contribution in [0.25, 0.3) is 0 Å². The van der Waals surface area contributed by atoms with Crippen LogP contribution in [-0.2, 0) is 14.6 Å². The largest absolute Gasteiger partial charge is 0.494 e. The molecule has 0 unspecified atom stereocenters. The van der Waals surface area contributed by atoms with Crippen molar-refractivity contribution in [3.8, 4) is 5.75 Å². The number of carbonyl (C=O) groups excluding carboxylic acids is 1. The van der Waals surface area contributed by atoms with Gasteiger partial charge in [-0.1, -0.05) is 43.7 Å². The molecule has 1 aliphatic rings. The number of rotatable bonds is 7. The fraction of sp³-hybridized carbons (Fsp3) is 0.261. The van der Waals surface area contributed by atoms with Crippen LogP contribution in [0.15, 0.2) is 69.8 Å². The zero-order valence-electron chi connectivity index (χ0n) is 16.6. The maximum absolute atomic E-state index is 13.2. The van der Waals surface area contributed by atoms with Crippen LogP contribution in [0.5, 0.6) is 5.75 Å². The summed E-state index contributed by atoms with van der Waals surface area (Å²) in [6.07, 6.45) is 2.31. The van der Waals surface area contributed by atoms with E-state index < -0.39 is 9.84 Å². The lowest BCUT2D eigenvalue weighted by Crippen LogP contribution is -2.23. The predicted octanol–water partition coefficient (Wildman–Crippen LogP) is 5.23. The first kappa shape index (κ1) is 20.6. The van der Waals surface area contributed by atoms with Crippen molar-refractivity contribution in [3.63, 3.8) is 0 Å². The second kappa shape index (κ2) is 8.62. The van der Waals surface area contributed by atoms with Gasteiger partial charge in [0.1, 0.15) is 10.6 Å². The summed E-state index contributed by atoms with van der Waals surface area (Å²) in [5.41, 5.74) is 1.35. The predicted molar refractivity (Wildman–Crippen MR) is 118 cm³/mol. The van der Waals surface area contributed by atoms with Gasteiger partial charge in [-0.15, -0.1) is 11.3 Å². The summed E-state index contributed by atoms with van der Waals surface area (Å²) in [6.45, 7) is 2.76. The van der Waals surface area contributed by atoms with E-state index in [1.807, 2.05) is 24.3 Å². The van der Waals surface area contributed by atoms with E-state index in [1.165, 1.54) is 11.3 Å². The smallest absolute Gasteiger partial charge is 0.225 e. The summed E-state index contributed by atoms with van der Waals surface area (Å²) in [7, 11) is -3.72. The third kappa shape index (κ3) is 4.00. The minimum Gasteiger partial charge on any atom is -0.494 e. The average molecular weight is 442 g/mol. The zero-order valence-corrected chi connectivity index (χ0v) is 18.3. The van der Waals surface area contributed by atoms with Gasteiger partial charge < -0.3 is 10.1 Å². The van der Waals surface area contributed by atoms with Gasteiger partial charge >= 0.3 is 0 Å². The summed E-state index contributed by atoms with van der Waals surface area (Å²) in [6, 6.07) is 16.0. The Morgan fingerprint density at radius 3 is 2.70 bits per heavy atom. The fourth-order valence-electron chi connectivity index (χ4n) is 3.55. The minimum atomic E-state index is -3.72. The highest BCUT2D eigenvalue weighted by molar-refractivity contribution is 7.91. The molecule has 0 fully saturated rings. The second-order valence-corrected chi connectivity index (χ2v) is 10.1. The Morgan fingerprint density at radius 2 is 1.93 bits per heavy atom. The monoisotopic (exact) mass is 441 g/mol. The number of hydrogen-bond acceptors (Lipinski definition) is 5. The standard InChI is InChI=1S/C23H23NO4S2/c1-2-3-12-28-17-9-7-8-16(13-17)19-14-21(25)24-22-20(15-29-23(19)22)30(26,27)18-10-5-4-6-11-18/h4-11,13,15,19H,2-3,12,14H2,1H3,(H,24,25)/t19-/m1/s1. The van der Waals surface area contributed by atoms with Crippen molar-refractivity contribution in [2.24, 2.45) is 0 Å². The van der Waals surface area contributed by atoms with Gasteiger partial charge in [0.15, 0.2) is 0 Å². The Hall–Kier alpha value is -2.64. The number of amides is 1. The van der Waals surface area contributed by atoms with E-state index in [0.29, 0.717) is 12.3 Å². The van der Waals surface area contributed by atoms with Gasteiger partial charge in [-0.25, -0.2) is 8.42 Å². The van der Waals surface area contributed by atoms with Crippen molar-refractivity contribution in [3.05, 3.63) is 70.4 Å². The Bertz CT molecular complexity index is 1150. The topological polar surface area (TPSA) is 72.5 Å². The second-order valence-electron chi connectivity index (χ2n) is 7.24. The zero-order chi connectivity index (χ0) is 21.1. The van der Waals surface area contributed by atoms with Crippen LogP contribution in [-0.4, -0.2) is 20.9 Å². The minimum absolute atomic E-state index is 0.155. The Balaban J connectivity index is 1.71. The van der Waals surface area contributed by atoms with E-state index in [9.17, 15) is 13.2 Å². The number of anilines is 1. The van der Waals surface area contributed by atoms with Crippen LogP contribution < -0.4 is 10.1 Å². The van der Waals surface area contributed by atoms with Gasteiger partial charge in [0.25, 0.3) is 0 Å². The van der Waals surface area contributed by atoms with Crippen LogP contribution in [0.1, 0.15) is 42.5 Å². The van der Waals surface area contributed by atoms with E-state index in [1.54, 1.807) is 35.7 Å². The van der Waals surface area contributed by atoms with Crippen LogP contribution >= 0.6 is 11.3 Å². The van der Waals surface area contributed by atoms with Gasteiger partial charge in [0.2, 0.25) is 15.7 Å². The van der Waals surface area contributed by atoms with Crippen molar-refractivity contribution in [2.75, 3.05) is 11.9 Å². The van der Waals surface area contributed by atoms with Crippen LogP contribution in [0.4, 0.5) is 5.69 Å². The van der Waals surface area contributed by atoms with E-state index in [4.69, 9.17) is 4.74 Å². The Labute approximate surface area is 180 Å². The van der Waals surface area contributed by atoms with E-state index in [-0.39, 0.29) is 28.0 Å². The molecule has 1 aliphatic heterocycles. The summed E-state index contributed by atoms with van der Waals surface area (Å²) in [4.78, 5) is 13.7. The Morgan fingerprint density at radius 1 is 1.13 bits per heavy atom. The molecule has 0 saturated carbocycles. The molecule has 3 aromatic rings. The molecule has 156 valence electrons. The molecule has 1 aromatic heterocycles. The number of ether oxygens (including phenoxy) is 1. The third-order valence-corrected chi connectivity index (χ3v) is 8.17. The number of nitrogens with one attached hydrogen (secondary N) is 1. The lowest BCUT2D eigenvalue weighted by Gasteiger charge is -2.24. The molecule has 0 bridgehead atoms. The van der Waals surface area contributed by atoms with Crippen LogP contribution in [0.3, 0.4) is 0 Å². The fourth-order valence-corrected chi connectivity index (χ4v) is 6.48. The van der Waals surface area contributed by atoms with E-state index >= 15 is 0 Å². The molecule has 4 rings (SSSR count). The highest BCUT2D eigenvalue weighted by atomic mass is 32.2. The summed E-state index contributed by atoms with van der Waals surface area (Å²) in [5.74, 6) is 0.378. The van der Waals surface area contributed by atoms with Gasteiger partial charge in [-0.2, -0.15) is 0 Å². The molecule has 0 radical (unpaired) electrons. The van der Waals surface area contributed by atoms with Crippen LogP contribution in [0, 0.1) is 0 Å². The van der Waals surface area contributed by atoms with Crippen molar-refractivity contribution < 1.29 is 17.9 Å². The molecule has 2 aromatic carbocycles. The molecule has 1 atom stereocenters. The number of hydrogen-bond donors (Lipinski definition) is 1. The molecule has 2 heterocycles. The highest BCUT2D eigenvalue weighted by Gasteiger charge is 2.34. The first-order valence-corrected chi connectivity index (χ1v) is 12.3. The van der Waals surface area contributed by atoms with Crippen molar-refractivity contribution >= 4 is 32.8 Å². The Kier molecular flexibility index (Phi) is 5.92. The first-order valence-electron chi connectivity index (χ1n) is 9.95. The molecule has 0 aliphatic carbocycles. The highest BCUT2D eigenvalue weighted by Crippen LogP contribution is 2.46. The number of fused-ring (bicyclic) bond motifs is 1. The van der Waals surface area contributed by atoms with Crippen molar-refractivity contribution in [1.82, 2.24) is 0 Å². The molecule has 30 heavy (non-hydrogen) atoms. The maximum atomic E-state index is 13.2. The van der Waals surface area contributed by atoms with Crippen molar-refractivity contribution in [1.29, 1.82) is 0 Å². The summed E-state index contributed by atoms with van der Waals surface area (Å²) >= 11 is 1.37. The van der Waals surface area contributed by atoms with Gasteiger partial charge in [0.05, 0.1) is 17.2 Å².